The normalized spacial score (nSPS) is 13.1. The molecular weight excluding hydrogens is 280 g/mol. The first-order valence-corrected chi connectivity index (χ1v) is 8.05. The molecule has 0 saturated heterocycles. The van der Waals surface area contributed by atoms with Crippen LogP contribution in [0.5, 0.6) is 0 Å². The molecular formula is C17H30N2O3. The molecule has 0 rings (SSSR count). The summed E-state index contributed by atoms with van der Waals surface area (Å²) >= 11 is 0. The van der Waals surface area contributed by atoms with Crippen LogP contribution in [0.2, 0.25) is 0 Å². The molecule has 0 aliphatic rings. The van der Waals surface area contributed by atoms with Gasteiger partial charge in [-0.1, -0.05) is 18.9 Å². The summed E-state index contributed by atoms with van der Waals surface area (Å²) in [6.07, 6.45) is 9.92. The van der Waals surface area contributed by atoms with Crippen molar-refractivity contribution in [1.29, 1.82) is 0 Å². The predicted molar refractivity (Wildman–Crippen MR) is 88.4 cm³/mol. The molecule has 22 heavy (non-hydrogen) atoms. The molecule has 0 bridgehead atoms. The van der Waals surface area contributed by atoms with Crippen LogP contribution < -0.4 is 5.73 Å². The maximum atomic E-state index is 11.1. The van der Waals surface area contributed by atoms with Crippen molar-refractivity contribution in [2.45, 2.75) is 51.9 Å². The summed E-state index contributed by atoms with van der Waals surface area (Å²) in [4.78, 5) is 34.3. The van der Waals surface area contributed by atoms with Gasteiger partial charge in [0.15, 0.2) is 0 Å². The lowest BCUT2D eigenvalue weighted by atomic mass is 9.98. The molecule has 0 radical (unpaired) electrons. The standard InChI is InChI=1S/C17H30N2O3/c1-15(17(18)22)8-7-11-19(2)12-10-16(14-21)9-5-3-4-6-13-20/h8,13-14,16H,3-7,9-12H2,1-2H3,(H2,18,22). The van der Waals surface area contributed by atoms with Crippen LogP contribution in [0.3, 0.4) is 0 Å². The maximum Gasteiger partial charge on any atom is 0.244 e. The van der Waals surface area contributed by atoms with Crippen molar-refractivity contribution in [2.24, 2.45) is 11.7 Å². The van der Waals surface area contributed by atoms with Crippen LogP contribution >= 0.6 is 0 Å². The second kappa shape index (κ2) is 13.2. The van der Waals surface area contributed by atoms with E-state index >= 15 is 0 Å². The lowest BCUT2D eigenvalue weighted by Crippen LogP contribution is -2.23. The fraction of sp³-hybridized carbons (Fsp3) is 0.706. The average Bonchev–Trinajstić information content (AvgIpc) is 2.49. The van der Waals surface area contributed by atoms with E-state index in [9.17, 15) is 14.4 Å². The van der Waals surface area contributed by atoms with Crippen LogP contribution in [-0.2, 0) is 14.4 Å². The molecule has 5 heteroatoms. The molecule has 1 atom stereocenters. The SMILES string of the molecule is CC(=CCCN(C)CCC(C=O)CCCCCC=O)C(N)=O. The maximum absolute atomic E-state index is 11.1. The minimum Gasteiger partial charge on any atom is -0.366 e. The third-order valence-electron chi connectivity index (χ3n) is 3.82. The van der Waals surface area contributed by atoms with Crippen LogP contribution in [0.4, 0.5) is 0 Å². The van der Waals surface area contributed by atoms with Crippen LogP contribution in [-0.4, -0.2) is 43.5 Å². The number of unbranched alkanes of at least 4 members (excludes halogenated alkanes) is 3. The predicted octanol–water partition coefficient (Wildman–Crippen LogP) is 2.09. The Morgan fingerprint density at radius 1 is 1.09 bits per heavy atom. The van der Waals surface area contributed by atoms with Gasteiger partial charge in [0.1, 0.15) is 12.6 Å². The van der Waals surface area contributed by atoms with Gasteiger partial charge >= 0.3 is 0 Å². The summed E-state index contributed by atoms with van der Waals surface area (Å²) in [5, 5.41) is 0. The number of aldehydes is 2. The number of nitrogens with zero attached hydrogens (tertiary/aromatic N) is 1. The lowest BCUT2D eigenvalue weighted by Gasteiger charge is -2.18. The Morgan fingerprint density at radius 2 is 1.82 bits per heavy atom. The summed E-state index contributed by atoms with van der Waals surface area (Å²) in [6, 6.07) is 0. The number of hydrogen-bond donors (Lipinski definition) is 1. The molecule has 0 spiro atoms. The minimum atomic E-state index is -0.377. The Balaban J connectivity index is 3.82. The third kappa shape index (κ3) is 11.2. The zero-order valence-corrected chi connectivity index (χ0v) is 13.9. The third-order valence-corrected chi connectivity index (χ3v) is 3.82. The van der Waals surface area contributed by atoms with Crippen LogP contribution in [0.1, 0.15) is 51.9 Å². The lowest BCUT2D eigenvalue weighted by molar-refractivity contribution is -0.114. The van der Waals surface area contributed by atoms with Gasteiger partial charge in [-0.25, -0.2) is 0 Å². The van der Waals surface area contributed by atoms with Crippen molar-refractivity contribution in [2.75, 3.05) is 20.1 Å². The van der Waals surface area contributed by atoms with Gasteiger partial charge in [0.25, 0.3) is 0 Å². The van der Waals surface area contributed by atoms with Crippen molar-refractivity contribution >= 4 is 18.5 Å². The van der Waals surface area contributed by atoms with E-state index in [0.29, 0.717) is 12.0 Å². The average molecular weight is 310 g/mol. The van der Waals surface area contributed by atoms with E-state index in [1.165, 1.54) is 0 Å². The van der Waals surface area contributed by atoms with Crippen molar-refractivity contribution in [1.82, 2.24) is 4.90 Å². The van der Waals surface area contributed by atoms with Gasteiger partial charge in [0.05, 0.1) is 0 Å². The summed E-state index contributed by atoms with van der Waals surface area (Å²) < 4.78 is 0. The molecule has 0 aromatic heterocycles. The molecule has 0 saturated carbocycles. The number of nitrogens with two attached hydrogens (primary N) is 1. The van der Waals surface area contributed by atoms with Crippen LogP contribution in [0.25, 0.3) is 0 Å². The molecule has 2 N–H and O–H groups in total. The molecule has 0 aromatic carbocycles. The quantitative estimate of drug-likeness (QED) is 0.303. The zero-order valence-electron chi connectivity index (χ0n) is 13.9. The molecule has 0 aromatic rings. The first kappa shape index (κ1) is 20.5. The van der Waals surface area contributed by atoms with Gasteiger partial charge in [0, 0.05) is 24.5 Å². The number of primary amides is 1. The highest BCUT2D eigenvalue weighted by Gasteiger charge is 2.08. The highest BCUT2D eigenvalue weighted by molar-refractivity contribution is 5.91. The summed E-state index contributed by atoms with van der Waals surface area (Å²) in [5.41, 5.74) is 5.76. The molecule has 1 amide bonds. The van der Waals surface area contributed by atoms with Gasteiger partial charge in [0.2, 0.25) is 5.91 Å². The first-order valence-electron chi connectivity index (χ1n) is 8.05. The van der Waals surface area contributed by atoms with Gasteiger partial charge in [-0.2, -0.15) is 0 Å². The Morgan fingerprint density at radius 3 is 2.41 bits per heavy atom. The molecule has 0 fully saturated rings. The number of amides is 1. The number of carbonyl (C=O) groups excluding carboxylic acids is 3. The number of rotatable bonds is 14. The highest BCUT2D eigenvalue weighted by atomic mass is 16.1. The van der Waals surface area contributed by atoms with Gasteiger partial charge in [-0.05, 0) is 46.2 Å². The Kier molecular flexibility index (Phi) is 12.3. The van der Waals surface area contributed by atoms with E-state index in [1.807, 2.05) is 13.1 Å². The Bertz CT molecular complexity index is 367. The Hall–Kier alpha value is -1.49. The van der Waals surface area contributed by atoms with Crippen molar-refractivity contribution in [3.8, 4) is 0 Å². The van der Waals surface area contributed by atoms with Crippen molar-refractivity contribution in [3.63, 3.8) is 0 Å². The van der Waals surface area contributed by atoms with E-state index < -0.39 is 0 Å². The van der Waals surface area contributed by atoms with Crippen molar-refractivity contribution < 1.29 is 14.4 Å². The van der Waals surface area contributed by atoms with Gasteiger partial charge in [-0.3, -0.25) is 4.79 Å². The number of carbonyl (C=O) groups is 3. The summed E-state index contributed by atoms with van der Waals surface area (Å²) in [5.74, 6) is -0.278. The van der Waals surface area contributed by atoms with E-state index in [4.69, 9.17) is 5.73 Å². The van der Waals surface area contributed by atoms with E-state index in [2.05, 4.69) is 4.90 Å². The van der Waals surface area contributed by atoms with E-state index in [0.717, 1.165) is 64.2 Å². The number of hydrogen-bond acceptors (Lipinski definition) is 4. The second-order valence-electron chi connectivity index (χ2n) is 5.83. The van der Waals surface area contributed by atoms with Crippen LogP contribution in [0.15, 0.2) is 11.6 Å². The molecule has 5 nitrogen and oxygen atoms in total. The largest absolute Gasteiger partial charge is 0.366 e. The summed E-state index contributed by atoms with van der Waals surface area (Å²) in [7, 11) is 2.01. The molecule has 0 aliphatic heterocycles. The first-order chi connectivity index (χ1) is 10.5. The van der Waals surface area contributed by atoms with E-state index in [-0.39, 0.29) is 11.8 Å². The fourth-order valence-corrected chi connectivity index (χ4v) is 2.19. The van der Waals surface area contributed by atoms with Gasteiger partial charge < -0.3 is 20.2 Å². The zero-order chi connectivity index (χ0) is 16.8. The molecule has 0 heterocycles. The molecule has 1 unspecified atom stereocenters. The highest BCUT2D eigenvalue weighted by Crippen LogP contribution is 2.13. The molecule has 0 aliphatic carbocycles. The van der Waals surface area contributed by atoms with Crippen molar-refractivity contribution in [3.05, 3.63) is 11.6 Å². The Labute approximate surface area is 133 Å². The second-order valence-corrected chi connectivity index (χ2v) is 5.83. The topological polar surface area (TPSA) is 80.5 Å². The monoisotopic (exact) mass is 310 g/mol. The van der Waals surface area contributed by atoms with Crippen LogP contribution in [0, 0.1) is 5.92 Å². The molecule has 126 valence electrons. The van der Waals surface area contributed by atoms with Gasteiger partial charge in [-0.15, -0.1) is 0 Å². The summed E-state index contributed by atoms with van der Waals surface area (Å²) in [6.45, 7) is 3.42. The fourth-order valence-electron chi connectivity index (χ4n) is 2.19. The van der Waals surface area contributed by atoms with E-state index in [1.54, 1.807) is 6.92 Å². The smallest absolute Gasteiger partial charge is 0.244 e. The minimum absolute atomic E-state index is 0.0987.